The van der Waals surface area contributed by atoms with Crippen molar-refractivity contribution in [1.29, 1.82) is 0 Å². The van der Waals surface area contributed by atoms with Crippen LogP contribution in [0.25, 0.3) is 6.08 Å². The maximum atomic E-state index is 13.2. The molecular weight excluding hydrogens is 442 g/mol. The third-order valence-electron chi connectivity index (χ3n) is 8.25. The lowest BCUT2D eigenvalue weighted by molar-refractivity contribution is -0.154. The monoisotopic (exact) mass is 485 g/mol. The minimum absolute atomic E-state index is 0.00287. The summed E-state index contributed by atoms with van der Waals surface area (Å²) in [6.45, 7) is 11.0. The number of Topliss-reactive ketones (excluding diaryl/α,β-unsaturated/α-hetero) is 1. The quantitative estimate of drug-likeness (QED) is 0.579. The molecule has 2 aliphatic rings. The van der Waals surface area contributed by atoms with Crippen LogP contribution in [0.2, 0.25) is 0 Å². The molecule has 1 aliphatic heterocycles. The summed E-state index contributed by atoms with van der Waals surface area (Å²) in [6.07, 6.45) is 5.96. The number of carbonyl (C=O) groups is 2. The Hall–Kier alpha value is -2.05. The number of aryl methyl sites for hydroxylation is 1. The summed E-state index contributed by atoms with van der Waals surface area (Å²) in [4.78, 5) is 30.6. The number of fused-ring (bicyclic) bond motifs is 1. The van der Waals surface area contributed by atoms with Crippen molar-refractivity contribution >= 4 is 17.8 Å². The number of ether oxygens (including phenoxy) is 1. The number of hydrogen-bond acceptors (Lipinski definition) is 6. The van der Waals surface area contributed by atoms with E-state index in [-0.39, 0.29) is 24.2 Å². The molecule has 1 aromatic rings. The molecule has 0 amide bonds. The molecule has 0 bridgehead atoms. The van der Waals surface area contributed by atoms with E-state index < -0.39 is 29.5 Å². The summed E-state index contributed by atoms with van der Waals surface area (Å²) in [5, 5.41) is 21.7. The van der Waals surface area contributed by atoms with Crippen molar-refractivity contribution in [2.24, 2.45) is 29.1 Å². The fourth-order valence-corrected chi connectivity index (χ4v) is 5.34. The first kappa shape index (κ1) is 27.5. The number of aliphatic hydroxyl groups excluding tert-OH is 2. The van der Waals surface area contributed by atoms with Crippen LogP contribution in [-0.4, -0.2) is 45.3 Å². The molecule has 1 saturated heterocycles. The second-order valence-electron chi connectivity index (χ2n) is 11.6. The number of aromatic nitrogens is 1. The number of hydrogen-bond donors (Lipinski definition) is 2. The van der Waals surface area contributed by atoms with Crippen LogP contribution < -0.4 is 0 Å². The molecule has 2 fully saturated rings. The molecule has 35 heavy (non-hydrogen) atoms. The predicted octanol–water partition coefficient (Wildman–Crippen LogP) is 4.89. The van der Waals surface area contributed by atoms with Gasteiger partial charge >= 0.3 is 5.97 Å². The minimum Gasteiger partial charge on any atom is -0.458 e. The van der Waals surface area contributed by atoms with Crippen molar-refractivity contribution in [2.75, 3.05) is 0 Å². The average molecular weight is 486 g/mol. The maximum Gasteiger partial charge on any atom is 0.309 e. The number of cyclic esters (lactones) is 1. The SMILES string of the molecule is CC(=Cc1ccc(C)cn1)C1C[C@@H]2C[C@H]2CCC[C@H](C)[C@H](O)[C@@H](C)C(=O)C(C)(C)[C@@H](O)CC(=O)O1. The van der Waals surface area contributed by atoms with Crippen molar-refractivity contribution < 1.29 is 24.5 Å². The van der Waals surface area contributed by atoms with Crippen LogP contribution in [0, 0.1) is 36.0 Å². The zero-order valence-electron chi connectivity index (χ0n) is 22.2. The highest BCUT2D eigenvalue weighted by Crippen LogP contribution is 2.47. The van der Waals surface area contributed by atoms with Crippen LogP contribution in [0.3, 0.4) is 0 Å². The summed E-state index contributed by atoms with van der Waals surface area (Å²) < 4.78 is 5.91. The first-order valence-corrected chi connectivity index (χ1v) is 13.1. The lowest BCUT2D eigenvalue weighted by Gasteiger charge is -2.34. The molecule has 0 spiro atoms. The number of pyridine rings is 1. The van der Waals surface area contributed by atoms with Crippen molar-refractivity contribution in [3.05, 3.63) is 35.2 Å². The van der Waals surface area contributed by atoms with Gasteiger partial charge in [-0.3, -0.25) is 14.6 Å². The van der Waals surface area contributed by atoms with Gasteiger partial charge in [0.25, 0.3) is 0 Å². The molecule has 2 N–H and O–H groups in total. The zero-order chi connectivity index (χ0) is 25.9. The molecule has 1 saturated carbocycles. The zero-order valence-corrected chi connectivity index (χ0v) is 22.2. The number of esters is 1. The summed E-state index contributed by atoms with van der Waals surface area (Å²) in [6, 6.07) is 3.95. The van der Waals surface area contributed by atoms with Gasteiger partial charge in [0.1, 0.15) is 11.9 Å². The van der Waals surface area contributed by atoms with Gasteiger partial charge in [0.2, 0.25) is 0 Å². The molecule has 0 radical (unpaired) electrons. The molecule has 194 valence electrons. The lowest BCUT2D eigenvalue weighted by Crippen LogP contribution is -2.45. The van der Waals surface area contributed by atoms with E-state index in [0.29, 0.717) is 11.8 Å². The van der Waals surface area contributed by atoms with Crippen molar-refractivity contribution in [3.63, 3.8) is 0 Å². The maximum absolute atomic E-state index is 13.2. The van der Waals surface area contributed by atoms with Gasteiger partial charge in [-0.25, -0.2) is 0 Å². The Morgan fingerprint density at radius 2 is 1.83 bits per heavy atom. The predicted molar refractivity (Wildman–Crippen MR) is 136 cm³/mol. The summed E-state index contributed by atoms with van der Waals surface area (Å²) in [7, 11) is 0. The summed E-state index contributed by atoms with van der Waals surface area (Å²) in [5.41, 5.74) is 1.65. The molecular formula is C29H43NO5. The Bertz CT molecular complexity index is 922. The Morgan fingerprint density at radius 1 is 1.11 bits per heavy atom. The van der Waals surface area contributed by atoms with E-state index in [1.807, 2.05) is 45.2 Å². The van der Waals surface area contributed by atoms with Gasteiger partial charge in [0, 0.05) is 12.1 Å². The Balaban J connectivity index is 1.82. The molecule has 7 atom stereocenters. The van der Waals surface area contributed by atoms with Gasteiger partial charge < -0.3 is 14.9 Å². The van der Waals surface area contributed by atoms with Crippen molar-refractivity contribution in [1.82, 2.24) is 4.98 Å². The minimum atomic E-state index is -1.20. The third kappa shape index (κ3) is 7.01. The molecule has 3 rings (SSSR count). The highest BCUT2D eigenvalue weighted by molar-refractivity contribution is 5.88. The standard InChI is InChI=1S/C29H43NO5/c1-17-10-11-23(30-16-17)12-19(3)24-14-22-13-21(22)9-7-8-18(2)27(33)20(4)28(34)29(5,6)25(31)15-26(32)35-24/h10-12,16,18,20-22,24-25,27,31,33H,7-9,13-15H2,1-6H3/t18-,20+,21+,22-,24?,25-,27-/m0/s1. The Kier molecular flexibility index (Phi) is 8.92. The second kappa shape index (κ2) is 11.3. The molecule has 1 unspecified atom stereocenters. The van der Waals surface area contributed by atoms with E-state index in [1.54, 1.807) is 20.8 Å². The second-order valence-corrected chi connectivity index (χ2v) is 11.6. The van der Waals surface area contributed by atoms with Gasteiger partial charge in [0.05, 0.1) is 29.7 Å². The number of carbonyl (C=O) groups excluding carboxylic acids is 2. The fraction of sp³-hybridized carbons (Fsp3) is 0.690. The summed E-state index contributed by atoms with van der Waals surface area (Å²) in [5.74, 6) is -0.271. The van der Waals surface area contributed by atoms with E-state index in [2.05, 4.69) is 4.98 Å². The Labute approximate surface area is 210 Å². The smallest absolute Gasteiger partial charge is 0.309 e. The molecule has 2 heterocycles. The van der Waals surface area contributed by atoms with E-state index in [0.717, 1.165) is 48.9 Å². The van der Waals surface area contributed by atoms with Gasteiger partial charge in [-0.1, -0.05) is 46.6 Å². The number of nitrogens with zero attached hydrogens (tertiary/aromatic N) is 1. The first-order valence-electron chi connectivity index (χ1n) is 13.1. The summed E-state index contributed by atoms with van der Waals surface area (Å²) >= 11 is 0. The van der Waals surface area contributed by atoms with Crippen LogP contribution in [0.4, 0.5) is 0 Å². The van der Waals surface area contributed by atoms with Gasteiger partial charge in [-0.15, -0.1) is 0 Å². The first-order chi connectivity index (χ1) is 16.4. The highest BCUT2D eigenvalue weighted by atomic mass is 16.5. The van der Waals surface area contributed by atoms with Gasteiger partial charge in [0.15, 0.2) is 0 Å². The van der Waals surface area contributed by atoms with E-state index in [1.165, 1.54) is 0 Å². The molecule has 1 aromatic heterocycles. The van der Waals surface area contributed by atoms with Crippen LogP contribution in [0.15, 0.2) is 23.9 Å². The van der Waals surface area contributed by atoms with Crippen LogP contribution in [0.5, 0.6) is 0 Å². The largest absolute Gasteiger partial charge is 0.458 e. The van der Waals surface area contributed by atoms with Gasteiger partial charge in [-0.2, -0.15) is 0 Å². The van der Waals surface area contributed by atoms with Crippen LogP contribution >= 0.6 is 0 Å². The van der Waals surface area contributed by atoms with E-state index in [4.69, 9.17) is 4.74 Å². The molecule has 0 aromatic carbocycles. The number of aliphatic hydroxyl groups is 2. The van der Waals surface area contributed by atoms with E-state index >= 15 is 0 Å². The molecule has 6 nitrogen and oxygen atoms in total. The average Bonchev–Trinajstić information content (AvgIpc) is 3.55. The molecule has 6 heteroatoms. The van der Waals surface area contributed by atoms with Crippen molar-refractivity contribution in [3.8, 4) is 0 Å². The molecule has 1 aliphatic carbocycles. The third-order valence-corrected chi connectivity index (χ3v) is 8.25. The number of ketones is 1. The topological polar surface area (TPSA) is 96.7 Å². The fourth-order valence-electron chi connectivity index (χ4n) is 5.34. The normalized spacial score (nSPS) is 35.2. The van der Waals surface area contributed by atoms with Crippen molar-refractivity contribution in [2.45, 2.75) is 98.4 Å². The Morgan fingerprint density at radius 3 is 2.49 bits per heavy atom. The van der Waals surface area contributed by atoms with Crippen LogP contribution in [-0.2, 0) is 14.3 Å². The van der Waals surface area contributed by atoms with Gasteiger partial charge in [-0.05, 0) is 74.1 Å². The van der Waals surface area contributed by atoms with Crippen LogP contribution in [0.1, 0.15) is 84.4 Å². The van der Waals surface area contributed by atoms with E-state index in [9.17, 15) is 19.8 Å². The highest BCUT2D eigenvalue weighted by Gasteiger charge is 2.43. The number of rotatable bonds is 2. The lowest BCUT2D eigenvalue weighted by atomic mass is 9.73.